The van der Waals surface area contributed by atoms with E-state index in [1.165, 1.54) is 5.56 Å². The lowest BCUT2D eigenvalue weighted by Gasteiger charge is -2.37. The number of nitrogens with one attached hydrogen (secondary N) is 1. The normalized spacial score (nSPS) is 19.7. The molecule has 0 spiro atoms. The van der Waals surface area contributed by atoms with Crippen LogP contribution in [0, 0.1) is 6.92 Å². The molecule has 0 aliphatic carbocycles. The number of hydrogen-bond donors (Lipinski definition) is 1. The maximum Gasteiger partial charge on any atom is 0.234 e. The summed E-state index contributed by atoms with van der Waals surface area (Å²) in [6.07, 6.45) is -0.0305. The van der Waals surface area contributed by atoms with Crippen LogP contribution in [0.4, 0.5) is 0 Å². The standard InChI is InChI=1S/C31H35ClN4O3/c1-20(2)39-27-17-25(38-4)13-14-26(27)31-34-29(22-7-5-21(3)6-8-22)30(23-9-11-24(32)12-10-23)36(31)19-35-16-15-33-28(37)18-35/h5-14,17,20,29-30H,15-16,18-19H2,1-4H3,(H,33,37)/t29-,30+/m0/s1. The third-order valence-corrected chi connectivity index (χ3v) is 7.31. The zero-order valence-electron chi connectivity index (χ0n) is 22.9. The second kappa shape index (κ2) is 11.7. The molecule has 2 aliphatic heterocycles. The van der Waals surface area contributed by atoms with E-state index in [4.69, 9.17) is 26.1 Å². The first-order chi connectivity index (χ1) is 18.8. The van der Waals surface area contributed by atoms with Gasteiger partial charge in [-0.1, -0.05) is 53.6 Å². The molecule has 204 valence electrons. The van der Waals surface area contributed by atoms with E-state index in [2.05, 4.69) is 58.4 Å². The number of hydrogen-bond acceptors (Lipinski definition) is 6. The summed E-state index contributed by atoms with van der Waals surface area (Å²) in [7, 11) is 1.65. The van der Waals surface area contributed by atoms with Crippen LogP contribution in [0.15, 0.2) is 71.7 Å². The predicted octanol–water partition coefficient (Wildman–Crippen LogP) is 5.38. The SMILES string of the molecule is COc1ccc(C2=N[C@@H](c3ccc(C)cc3)[C@@H](c3ccc(Cl)cc3)N2CN2CCNC(=O)C2)c(OC(C)C)c1. The van der Waals surface area contributed by atoms with Crippen molar-refractivity contribution in [1.29, 1.82) is 0 Å². The molecule has 0 saturated carbocycles. The minimum atomic E-state index is -0.172. The Morgan fingerprint density at radius 3 is 2.44 bits per heavy atom. The molecule has 0 bridgehead atoms. The molecule has 2 aliphatic rings. The van der Waals surface area contributed by atoms with Crippen LogP contribution in [-0.4, -0.2) is 61.1 Å². The number of nitrogens with zero attached hydrogens (tertiary/aromatic N) is 3. The van der Waals surface area contributed by atoms with Crippen LogP contribution in [0.3, 0.4) is 0 Å². The highest BCUT2D eigenvalue weighted by Gasteiger charge is 2.40. The van der Waals surface area contributed by atoms with Gasteiger partial charge in [0.05, 0.1) is 38.0 Å². The zero-order valence-corrected chi connectivity index (χ0v) is 23.6. The highest BCUT2D eigenvalue weighted by Crippen LogP contribution is 2.45. The molecule has 3 aromatic rings. The van der Waals surface area contributed by atoms with Gasteiger partial charge in [0.15, 0.2) is 0 Å². The Kier molecular flexibility index (Phi) is 8.10. The molecule has 7 nitrogen and oxygen atoms in total. The molecular weight excluding hydrogens is 512 g/mol. The number of methoxy groups -OCH3 is 1. The molecule has 0 aromatic heterocycles. The molecule has 0 unspecified atom stereocenters. The van der Waals surface area contributed by atoms with Crippen molar-refractivity contribution in [3.8, 4) is 11.5 Å². The minimum absolute atomic E-state index is 0.0305. The molecule has 2 heterocycles. The summed E-state index contributed by atoms with van der Waals surface area (Å²) in [4.78, 5) is 22.2. The van der Waals surface area contributed by atoms with Crippen LogP contribution in [-0.2, 0) is 4.79 Å². The molecule has 3 aromatic carbocycles. The number of halogens is 1. The smallest absolute Gasteiger partial charge is 0.234 e. The Balaban J connectivity index is 1.66. The van der Waals surface area contributed by atoms with E-state index in [0.29, 0.717) is 30.5 Å². The summed E-state index contributed by atoms with van der Waals surface area (Å²) in [5.41, 5.74) is 4.31. The van der Waals surface area contributed by atoms with E-state index in [9.17, 15) is 4.79 Å². The fourth-order valence-electron chi connectivity index (χ4n) is 5.19. The number of amides is 1. The van der Waals surface area contributed by atoms with Crippen molar-refractivity contribution in [1.82, 2.24) is 15.1 Å². The first-order valence-electron chi connectivity index (χ1n) is 13.3. The van der Waals surface area contributed by atoms with E-state index in [1.807, 2.05) is 44.2 Å². The van der Waals surface area contributed by atoms with Crippen molar-refractivity contribution in [2.24, 2.45) is 4.99 Å². The summed E-state index contributed by atoms with van der Waals surface area (Å²) < 4.78 is 11.8. The quantitative estimate of drug-likeness (QED) is 0.411. The number of piperazine rings is 1. The number of rotatable bonds is 8. The largest absolute Gasteiger partial charge is 0.497 e. The second-order valence-corrected chi connectivity index (χ2v) is 10.8. The van der Waals surface area contributed by atoms with Gasteiger partial charge in [0.25, 0.3) is 0 Å². The third-order valence-electron chi connectivity index (χ3n) is 7.06. The number of aryl methyl sites for hydroxylation is 1. The highest BCUT2D eigenvalue weighted by atomic mass is 35.5. The van der Waals surface area contributed by atoms with Gasteiger partial charge in [0.2, 0.25) is 5.91 Å². The average molecular weight is 547 g/mol. The van der Waals surface area contributed by atoms with E-state index >= 15 is 0 Å². The molecule has 0 radical (unpaired) electrons. The number of amidine groups is 1. The van der Waals surface area contributed by atoms with E-state index in [1.54, 1.807) is 7.11 Å². The van der Waals surface area contributed by atoms with Crippen LogP contribution in [0.2, 0.25) is 5.02 Å². The van der Waals surface area contributed by atoms with Crippen molar-refractivity contribution < 1.29 is 14.3 Å². The van der Waals surface area contributed by atoms with Crippen LogP contribution in [0.25, 0.3) is 0 Å². The molecule has 1 N–H and O–H groups in total. The molecule has 1 saturated heterocycles. The number of benzene rings is 3. The summed E-state index contributed by atoms with van der Waals surface area (Å²) in [6, 6.07) is 22.1. The lowest BCUT2D eigenvalue weighted by Crippen LogP contribution is -2.52. The Morgan fingerprint density at radius 1 is 1.05 bits per heavy atom. The number of aliphatic imine (C=N–C) groups is 1. The first-order valence-corrected chi connectivity index (χ1v) is 13.7. The molecule has 1 fully saturated rings. The van der Waals surface area contributed by atoms with Gasteiger partial charge in [-0.15, -0.1) is 0 Å². The van der Waals surface area contributed by atoms with Crippen LogP contribution < -0.4 is 14.8 Å². The van der Waals surface area contributed by atoms with Crippen LogP contribution in [0.1, 0.15) is 48.2 Å². The maximum atomic E-state index is 12.3. The van der Waals surface area contributed by atoms with Gasteiger partial charge < -0.3 is 19.7 Å². The molecule has 8 heteroatoms. The monoisotopic (exact) mass is 546 g/mol. The summed E-state index contributed by atoms with van der Waals surface area (Å²) >= 11 is 6.30. The molecular formula is C31H35ClN4O3. The Bertz CT molecular complexity index is 1340. The van der Waals surface area contributed by atoms with Gasteiger partial charge in [-0.05, 0) is 56.2 Å². The van der Waals surface area contributed by atoms with E-state index in [-0.39, 0.29) is 24.1 Å². The zero-order chi connectivity index (χ0) is 27.5. The average Bonchev–Trinajstić information content (AvgIpc) is 3.27. The number of carbonyl (C=O) groups is 1. The first kappa shape index (κ1) is 27.0. The van der Waals surface area contributed by atoms with E-state index < -0.39 is 0 Å². The topological polar surface area (TPSA) is 66.4 Å². The number of carbonyl (C=O) groups excluding carboxylic acids is 1. The second-order valence-electron chi connectivity index (χ2n) is 10.3. The summed E-state index contributed by atoms with van der Waals surface area (Å²) in [6.45, 7) is 8.36. The number of ether oxygens (including phenoxy) is 2. The molecule has 5 rings (SSSR count). The van der Waals surface area contributed by atoms with Crippen LogP contribution in [0.5, 0.6) is 11.5 Å². The Morgan fingerprint density at radius 2 is 1.77 bits per heavy atom. The van der Waals surface area contributed by atoms with E-state index in [0.717, 1.165) is 34.8 Å². The van der Waals surface area contributed by atoms with Crippen molar-refractivity contribution >= 4 is 23.3 Å². The minimum Gasteiger partial charge on any atom is -0.497 e. The summed E-state index contributed by atoms with van der Waals surface area (Å²) in [5.74, 6) is 2.29. The van der Waals surface area contributed by atoms with Gasteiger partial charge in [-0.2, -0.15) is 0 Å². The molecule has 39 heavy (non-hydrogen) atoms. The Hall–Kier alpha value is -3.55. The van der Waals surface area contributed by atoms with Crippen molar-refractivity contribution in [2.75, 3.05) is 33.4 Å². The lowest BCUT2D eigenvalue weighted by atomic mass is 9.93. The van der Waals surface area contributed by atoms with Gasteiger partial charge in [-0.25, -0.2) is 0 Å². The fourth-order valence-corrected chi connectivity index (χ4v) is 5.32. The van der Waals surface area contributed by atoms with Gasteiger partial charge >= 0.3 is 0 Å². The van der Waals surface area contributed by atoms with Crippen molar-refractivity contribution in [2.45, 2.75) is 39.0 Å². The maximum absolute atomic E-state index is 12.3. The van der Waals surface area contributed by atoms with Gasteiger partial charge in [0, 0.05) is 24.2 Å². The third kappa shape index (κ3) is 6.05. The van der Waals surface area contributed by atoms with Crippen LogP contribution >= 0.6 is 11.6 Å². The predicted molar refractivity (Wildman–Crippen MR) is 155 cm³/mol. The molecule has 2 atom stereocenters. The van der Waals surface area contributed by atoms with Gasteiger partial charge in [-0.3, -0.25) is 14.7 Å². The van der Waals surface area contributed by atoms with Crippen molar-refractivity contribution in [3.63, 3.8) is 0 Å². The molecule has 1 amide bonds. The van der Waals surface area contributed by atoms with Crippen molar-refractivity contribution in [3.05, 3.63) is 94.0 Å². The lowest BCUT2D eigenvalue weighted by molar-refractivity contribution is -0.124. The fraction of sp³-hybridized carbons (Fsp3) is 0.355. The Labute approximate surface area is 235 Å². The highest BCUT2D eigenvalue weighted by molar-refractivity contribution is 6.30. The van der Waals surface area contributed by atoms with Gasteiger partial charge in [0.1, 0.15) is 23.4 Å². The summed E-state index contributed by atoms with van der Waals surface area (Å²) in [5, 5.41) is 3.62.